The van der Waals surface area contributed by atoms with Gasteiger partial charge in [-0.2, -0.15) is 0 Å². The van der Waals surface area contributed by atoms with E-state index in [1.807, 2.05) is 19.9 Å². The van der Waals surface area contributed by atoms with Gasteiger partial charge in [0.1, 0.15) is 18.0 Å². The Labute approximate surface area is 232 Å². The number of unbranched alkanes of at least 4 members (excludes halogenated alkanes) is 2. The third-order valence-corrected chi connectivity index (χ3v) is 8.88. The highest BCUT2D eigenvalue weighted by atomic mass is 31.2. The zero-order chi connectivity index (χ0) is 28.5. The Morgan fingerprint density at radius 1 is 1.07 bits per heavy atom. The summed E-state index contributed by atoms with van der Waals surface area (Å²) in [4.78, 5) is 30.5. The van der Waals surface area contributed by atoms with E-state index in [0.717, 1.165) is 36.6 Å². The van der Waals surface area contributed by atoms with Crippen molar-refractivity contribution < 1.29 is 32.8 Å². The van der Waals surface area contributed by atoms with Crippen molar-refractivity contribution in [3.63, 3.8) is 0 Å². The average molecular weight is 571 g/mol. The van der Waals surface area contributed by atoms with Gasteiger partial charge in [0.2, 0.25) is 0 Å². The van der Waals surface area contributed by atoms with Gasteiger partial charge in [-0.1, -0.05) is 33.6 Å². The summed E-state index contributed by atoms with van der Waals surface area (Å²) in [5, 5.41) is 12.0. The molecule has 0 spiro atoms. The maximum Gasteiger partial charge on any atom is 0.530 e. The van der Waals surface area contributed by atoms with Crippen molar-refractivity contribution in [3.8, 4) is 17.1 Å². The number of rotatable bonds is 11. The first-order valence-electron chi connectivity index (χ1n) is 13.9. The molecule has 11 heteroatoms. The molecule has 4 heterocycles. The Balaban J connectivity index is 1.49. The highest BCUT2D eigenvalue weighted by molar-refractivity contribution is 7.48. The molecule has 1 aromatic carbocycles. The quantitative estimate of drug-likeness (QED) is 0.139. The van der Waals surface area contributed by atoms with E-state index >= 15 is 0 Å². The number of ether oxygens (including phenoxy) is 1. The number of hydrogen-bond donors (Lipinski definition) is 1. The second-order valence-electron chi connectivity index (χ2n) is 10.3. The highest BCUT2D eigenvalue weighted by Crippen LogP contribution is 2.50. The molecular formula is C29H35N2O8P. The van der Waals surface area contributed by atoms with Gasteiger partial charge in [0.25, 0.3) is 5.56 Å². The molecule has 1 atom stereocenters. The summed E-state index contributed by atoms with van der Waals surface area (Å²) in [7, 11) is -3.81. The van der Waals surface area contributed by atoms with Gasteiger partial charge in [-0.05, 0) is 55.2 Å². The molecule has 0 fully saturated rings. The Bertz CT molecular complexity index is 1540. The number of benzene rings is 1. The SMILES string of the molecule is CCCCOP(=O)(OCCCC)Oc1ccc2nc3c(cc2c1)Cn1c-3cc2c(c1=O)COC(=O)CC2(O)CC. The first kappa shape index (κ1) is 28.5. The number of fused-ring (bicyclic) bond motifs is 5. The molecule has 2 aliphatic rings. The van der Waals surface area contributed by atoms with E-state index in [1.54, 1.807) is 35.8 Å². The molecule has 40 heavy (non-hydrogen) atoms. The Kier molecular flexibility index (Phi) is 8.15. The van der Waals surface area contributed by atoms with E-state index in [-0.39, 0.29) is 50.3 Å². The average Bonchev–Trinajstić information content (AvgIpc) is 3.22. The number of nitrogens with zero attached hydrogens (tertiary/aromatic N) is 2. The molecule has 10 nitrogen and oxygen atoms in total. The van der Waals surface area contributed by atoms with Crippen LogP contribution in [0.4, 0.5) is 0 Å². The van der Waals surface area contributed by atoms with Crippen LogP contribution in [-0.4, -0.2) is 33.8 Å². The maximum absolute atomic E-state index is 13.5. The summed E-state index contributed by atoms with van der Waals surface area (Å²) in [6.07, 6.45) is 3.29. The summed E-state index contributed by atoms with van der Waals surface area (Å²) in [5.74, 6) is -0.205. The van der Waals surface area contributed by atoms with Crippen LogP contribution in [0.15, 0.2) is 35.1 Å². The lowest BCUT2D eigenvalue weighted by Crippen LogP contribution is -2.32. The summed E-state index contributed by atoms with van der Waals surface area (Å²) < 4.78 is 37.1. The van der Waals surface area contributed by atoms with Crippen molar-refractivity contribution in [1.29, 1.82) is 0 Å². The smallest absolute Gasteiger partial charge is 0.460 e. The number of carbonyl (C=O) groups is 1. The van der Waals surface area contributed by atoms with Crippen molar-refractivity contribution >= 4 is 24.7 Å². The van der Waals surface area contributed by atoms with Crippen LogP contribution >= 0.6 is 7.82 Å². The van der Waals surface area contributed by atoms with E-state index < -0.39 is 19.4 Å². The third-order valence-electron chi connectivity index (χ3n) is 7.45. The molecule has 0 amide bonds. The molecule has 0 radical (unpaired) electrons. The fourth-order valence-corrected chi connectivity index (χ4v) is 6.34. The Hall–Kier alpha value is -3.04. The summed E-state index contributed by atoms with van der Waals surface area (Å²) in [6, 6.07) is 8.85. The van der Waals surface area contributed by atoms with E-state index in [2.05, 4.69) is 0 Å². The molecule has 2 aliphatic heterocycles. The van der Waals surface area contributed by atoms with Crippen molar-refractivity contribution in [2.75, 3.05) is 13.2 Å². The molecule has 214 valence electrons. The molecule has 0 saturated heterocycles. The normalized spacial score (nSPS) is 18.1. The number of carbonyl (C=O) groups excluding carboxylic acids is 1. The molecule has 1 unspecified atom stereocenters. The van der Waals surface area contributed by atoms with Crippen LogP contribution in [-0.2, 0) is 41.9 Å². The van der Waals surface area contributed by atoms with Crippen LogP contribution in [0.25, 0.3) is 22.3 Å². The molecule has 0 bridgehead atoms. The fraction of sp³-hybridized carbons (Fsp3) is 0.483. The predicted molar refractivity (Wildman–Crippen MR) is 149 cm³/mol. The van der Waals surface area contributed by atoms with E-state index in [4.69, 9.17) is 23.3 Å². The first-order valence-corrected chi connectivity index (χ1v) is 15.3. The molecule has 0 saturated carbocycles. The topological polar surface area (TPSA) is 126 Å². The van der Waals surface area contributed by atoms with E-state index in [9.17, 15) is 19.3 Å². The van der Waals surface area contributed by atoms with Gasteiger partial charge in [0, 0.05) is 10.9 Å². The first-order chi connectivity index (χ1) is 19.2. The zero-order valence-electron chi connectivity index (χ0n) is 23.1. The largest absolute Gasteiger partial charge is 0.530 e. The molecular weight excluding hydrogens is 535 g/mol. The van der Waals surface area contributed by atoms with Crippen molar-refractivity contribution in [2.24, 2.45) is 0 Å². The van der Waals surface area contributed by atoms with Crippen LogP contribution in [0, 0.1) is 0 Å². The van der Waals surface area contributed by atoms with Gasteiger partial charge < -0.3 is 18.9 Å². The predicted octanol–water partition coefficient (Wildman–Crippen LogP) is 5.59. The van der Waals surface area contributed by atoms with Crippen LogP contribution < -0.4 is 10.1 Å². The van der Waals surface area contributed by atoms with E-state index in [1.165, 1.54) is 0 Å². The summed E-state index contributed by atoms with van der Waals surface area (Å²) in [6.45, 7) is 6.45. The molecule has 0 aliphatic carbocycles. The lowest BCUT2D eigenvalue weighted by atomic mass is 9.85. The third kappa shape index (κ3) is 5.46. The van der Waals surface area contributed by atoms with Gasteiger partial charge in [-0.15, -0.1) is 0 Å². The molecule has 2 aromatic heterocycles. The fourth-order valence-electron chi connectivity index (χ4n) is 5.08. The van der Waals surface area contributed by atoms with E-state index in [0.29, 0.717) is 28.2 Å². The number of cyclic esters (lactones) is 1. The number of aromatic nitrogens is 2. The van der Waals surface area contributed by atoms with Gasteiger partial charge >= 0.3 is 13.8 Å². The monoisotopic (exact) mass is 570 g/mol. The number of phosphoric ester groups is 1. The number of pyridine rings is 2. The zero-order valence-corrected chi connectivity index (χ0v) is 24.0. The van der Waals surface area contributed by atoms with Gasteiger partial charge in [-0.3, -0.25) is 18.6 Å². The highest BCUT2D eigenvalue weighted by Gasteiger charge is 2.39. The Morgan fingerprint density at radius 2 is 1.80 bits per heavy atom. The minimum absolute atomic E-state index is 0.178. The maximum atomic E-state index is 13.5. The minimum Gasteiger partial charge on any atom is -0.460 e. The van der Waals surface area contributed by atoms with Crippen LogP contribution in [0.5, 0.6) is 5.75 Å². The van der Waals surface area contributed by atoms with Crippen molar-refractivity contribution in [3.05, 3.63) is 57.4 Å². The standard InChI is InChI=1S/C29H35N2O8P/c1-4-7-11-37-40(35,38-12-8-5-2)39-21-9-10-24-19(14-21)13-20-17-31-25(27(20)30-24)15-23-22(28(31)33)18-36-26(32)16-29(23,34)6-3/h9-10,13-15,34H,4-8,11-12,16-18H2,1-3H3. The van der Waals surface area contributed by atoms with Gasteiger partial charge in [0.05, 0.1) is 48.6 Å². The number of phosphoric acid groups is 1. The van der Waals surface area contributed by atoms with Gasteiger partial charge in [-0.25, -0.2) is 9.55 Å². The number of hydrogen-bond acceptors (Lipinski definition) is 9. The summed E-state index contributed by atoms with van der Waals surface area (Å²) >= 11 is 0. The van der Waals surface area contributed by atoms with Crippen LogP contribution in [0.1, 0.15) is 76.0 Å². The lowest BCUT2D eigenvalue weighted by Gasteiger charge is -2.26. The second-order valence-corrected chi connectivity index (χ2v) is 11.9. The number of esters is 1. The second kappa shape index (κ2) is 11.4. The molecule has 5 rings (SSSR count). The summed E-state index contributed by atoms with van der Waals surface area (Å²) in [5.41, 5.74) is 1.59. The number of aliphatic hydroxyl groups is 1. The van der Waals surface area contributed by atoms with Gasteiger partial charge in [0.15, 0.2) is 0 Å². The van der Waals surface area contributed by atoms with Crippen LogP contribution in [0.2, 0.25) is 0 Å². The minimum atomic E-state index is -3.81. The van der Waals surface area contributed by atoms with Crippen molar-refractivity contribution in [2.45, 2.75) is 78.0 Å². The Morgan fingerprint density at radius 3 is 2.48 bits per heavy atom. The van der Waals surface area contributed by atoms with Crippen molar-refractivity contribution in [1.82, 2.24) is 9.55 Å². The molecule has 1 N–H and O–H groups in total. The lowest BCUT2D eigenvalue weighted by molar-refractivity contribution is -0.149. The molecule has 3 aromatic rings. The van der Waals surface area contributed by atoms with Crippen LogP contribution in [0.3, 0.4) is 0 Å².